The van der Waals surface area contributed by atoms with Gasteiger partial charge in [-0.3, -0.25) is 0 Å². The van der Waals surface area contributed by atoms with Crippen LogP contribution in [0.2, 0.25) is 5.02 Å². The summed E-state index contributed by atoms with van der Waals surface area (Å²) < 4.78 is 25.7. The number of hydrogen-bond donors (Lipinski definition) is 1. The van der Waals surface area contributed by atoms with Gasteiger partial charge in [-0.2, -0.15) is 0 Å². The second-order valence-electron chi connectivity index (χ2n) is 4.81. The molecule has 22 heavy (non-hydrogen) atoms. The Labute approximate surface area is 135 Å². The lowest BCUT2D eigenvalue weighted by Gasteiger charge is -2.22. The predicted octanol–water partition coefficient (Wildman–Crippen LogP) is 3.24. The van der Waals surface area contributed by atoms with Crippen molar-refractivity contribution in [1.82, 2.24) is 0 Å². The van der Waals surface area contributed by atoms with Crippen LogP contribution < -0.4 is 0 Å². The average Bonchev–Trinajstić information content (AvgIpc) is 2.50. The molecule has 0 saturated carbocycles. The van der Waals surface area contributed by atoms with Gasteiger partial charge in [0.1, 0.15) is 5.25 Å². The van der Waals surface area contributed by atoms with E-state index in [9.17, 15) is 13.5 Å². The fourth-order valence-electron chi connectivity index (χ4n) is 2.25. The van der Waals surface area contributed by atoms with Crippen LogP contribution in [0, 0.1) is 12.3 Å². The molecule has 2 aromatic carbocycles. The molecular weight excluding hydrogens is 320 g/mol. The first-order valence-corrected chi connectivity index (χ1v) is 8.55. The van der Waals surface area contributed by atoms with Gasteiger partial charge in [-0.1, -0.05) is 41.9 Å². The Morgan fingerprint density at radius 3 is 2.23 bits per heavy atom. The molecule has 0 spiro atoms. The minimum absolute atomic E-state index is 0.0562. The Morgan fingerprint density at radius 2 is 1.68 bits per heavy atom. The summed E-state index contributed by atoms with van der Waals surface area (Å²) in [6.07, 6.45) is 3.97. The van der Waals surface area contributed by atoms with Gasteiger partial charge in [0.25, 0.3) is 0 Å². The fraction of sp³-hybridized carbons (Fsp3) is 0.176. The van der Waals surface area contributed by atoms with E-state index in [1.54, 1.807) is 42.5 Å². The zero-order valence-electron chi connectivity index (χ0n) is 11.7. The molecule has 2 atom stereocenters. The van der Waals surface area contributed by atoms with Crippen LogP contribution in [0.25, 0.3) is 0 Å². The van der Waals surface area contributed by atoms with Crippen LogP contribution in [0.15, 0.2) is 59.5 Å². The zero-order chi connectivity index (χ0) is 16.2. The molecule has 0 amide bonds. The van der Waals surface area contributed by atoms with Crippen molar-refractivity contribution in [3.63, 3.8) is 0 Å². The minimum atomic E-state index is -3.78. The molecule has 0 aromatic heterocycles. The molecule has 0 radical (unpaired) electrons. The van der Waals surface area contributed by atoms with E-state index in [2.05, 4.69) is 5.92 Å². The van der Waals surface area contributed by atoms with Gasteiger partial charge < -0.3 is 5.11 Å². The van der Waals surface area contributed by atoms with Gasteiger partial charge in [-0.15, -0.1) is 12.3 Å². The van der Waals surface area contributed by atoms with Crippen LogP contribution >= 0.6 is 11.6 Å². The van der Waals surface area contributed by atoms with E-state index in [1.165, 1.54) is 12.1 Å². The lowest BCUT2D eigenvalue weighted by molar-refractivity contribution is 0.174. The number of halogens is 1. The number of benzene rings is 2. The molecular formula is C17H15ClO3S. The SMILES string of the molecule is C#CCC(O)C(c1ccc(Cl)cc1)S(=O)(=O)c1ccccc1. The largest absolute Gasteiger partial charge is 0.390 e. The summed E-state index contributed by atoms with van der Waals surface area (Å²) in [6.45, 7) is 0. The van der Waals surface area contributed by atoms with Crippen molar-refractivity contribution in [3.8, 4) is 12.3 Å². The van der Waals surface area contributed by atoms with E-state index < -0.39 is 21.2 Å². The lowest BCUT2D eigenvalue weighted by Crippen LogP contribution is -2.26. The van der Waals surface area contributed by atoms with Gasteiger partial charge in [-0.25, -0.2) is 8.42 Å². The van der Waals surface area contributed by atoms with Gasteiger partial charge in [-0.05, 0) is 29.8 Å². The van der Waals surface area contributed by atoms with Crippen molar-refractivity contribution in [2.45, 2.75) is 22.7 Å². The molecule has 2 aromatic rings. The van der Waals surface area contributed by atoms with Gasteiger partial charge in [0.2, 0.25) is 0 Å². The Balaban J connectivity index is 2.54. The minimum Gasteiger partial charge on any atom is -0.390 e. The Hall–Kier alpha value is -1.80. The maximum absolute atomic E-state index is 12.9. The highest BCUT2D eigenvalue weighted by atomic mass is 35.5. The van der Waals surface area contributed by atoms with Crippen LogP contribution in [-0.2, 0) is 9.84 Å². The highest BCUT2D eigenvalue weighted by molar-refractivity contribution is 7.91. The van der Waals surface area contributed by atoms with Crippen LogP contribution in [0.5, 0.6) is 0 Å². The molecule has 0 saturated heterocycles. The highest BCUT2D eigenvalue weighted by Gasteiger charge is 2.34. The van der Waals surface area contributed by atoms with E-state index >= 15 is 0 Å². The van der Waals surface area contributed by atoms with Crippen molar-refractivity contribution >= 4 is 21.4 Å². The smallest absolute Gasteiger partial charge is 0.187 e. The van der Waals surface area contributed by atoms with Crippen molar-refractivity contribution in [2.75, 3.05) is 0 Å². The van der Waals surface area contributed by atoms with E-state index in [0.717, 1.165) is 0 Å². The van der Waals surface area contributed by atoms with E-state index in [4.69, 9.17) is 18.0 Å². The number of aliphatic hydroxyl groups is 1. The first-order valence-electron chi connectivity index (χ1n) is 6.62. The summed E-state index contributed by atoms with van der Waals surface area (Å²) in [6, 6.07) is 14.4. The summed E-state index contributed by atoms with van der Waals surface area (Å²) in [4.78, 5) is 0.144. The number of sulfone groups is 1. The summed E-state index contributed by atoms with van der Waals surface area (Å²) in [5.74, 6) is 2.31. The molecule has 0 aliphatic carbocycles. The Morgan fingerprint density at radius 1 is 1.09 bits per heavy atom. The van der Waals surface area contributed by atoms with Crippen LogP contribution in [0.1, 0.15) is 17.2 Å². The second kappa shape index (κ2) is 6.97. The standard InChI is InChI=1S/C17H15ClO3S/c1-2-6-16(19)17(13-9-11-14(18)12-10-13)22(20,21)15-7-4-3-5-8-15/h1,3-5,7-12,16-17,19H,6H2. The molecule has 1 N–H and O–H groups in total. The molecule has 5 heteroatoms. The number of rotatable bonds is 5. The molecule has 0 aliphatic heterocycles. The van der Waals surface area contributed by atoms with Crippen LogP contribution in [0.4, 0.5) is 0 Å². The molecule has 2 rings (SSSR count). The molecule has 3 nitrogen and oxygen atoms in total. The van der Waals surface area contributed by atoms with Crippen molar-refractivity contribution in [2.24, 2.45) is 0 Å². The maximum atomic E-state index is 12.9. The summed E-state index contributed by atoms with van der Waals surface area (Å²) in [5, 5.41) is 9.63. The molecule has 0 heterocycles. The Kier molecular flexibility index (Phi) is 5.25. The van der Waals surface area contributed by atoms with Gasteiger partial charge in [0.15, 0.2) is 9.84 Å². The third kappa shape index (κ3) is 3.50. The zero-order valence-corrected chi connectivity index (χ0v) is 13.3. The molecule has 114 valence electrons. The fourth-order valence-corrected chi connectivity index (χ4v) is 4.23. The van der Waals surface area contributed by atoms with Gasteiger partial charge >= 0.3 is 0 Å². The summed E-state index contributed by atoms with van der Waals surface area (Å²) >= 11 is 5.84. The summed E-state index contributed by atoms with van der Waals surface area (Å²) in [5.41, 5.74) is 0.455. The van der Waals surface area contributed by atoms with E-state index in [0.29, 0.717) is 10.6 Å². The lowest BCUT2D eigenvalue weighted by atomic mass is 10.1. The van der Waals surface area contributed by atoms with Crippen molar-refractivity contribution in [1.29, 1.82) is 0 Å². The third-order valence-corrected chi connectivity index (χ3v) is 5.72. The first kappa shape index (κ1) is 16.6. The maximum Gasteiger partial charge on any atom is 0.187 e. The first-order chi connectivity index (χ1) is 10.5. The topological polar surface area (TPSA) is 54.4 Å². The number of terminal acetylenes is 1. The van der Waals surface area contributed by atoms with Gasteiger partial charge in [0, 0.05) is 11.4 Å². The van der Waals surface area contributed by atoms with Gasteiger partial charge in [0.05, 0.1) is 11.0 Å². The van der Waals surface area contributed by atoms with Crippen LogP contribution in [0.3, 0.4) is 0 Å². The predicted molar refractivity (Wildman–Crippen MR) is 87.3 cm³/mol. The van der Waals surface area contributed by atoms with Crippen molar-refractivity contribution in [3.05, 3.63) is 65.2 Å². The Bertz CT molecular complexity index is 762. The molecule has 0 fully saturated rings. The van der Waals surface area contributed by atoms with E-state index in [-0.39, 0.29) is 11.3 Å². The quantitative estimate of drug-likeness (QED) is 0.854. The molecule has 2 unspecified atom stereocenters. The third-order valence-electron chi connectivity index (χ3n) is 3.28. The molecule has 0 bridgehead atoms. The van der Waals surface area contributed by atoms with Crippen LogP contribution in [-0.4, -0.2) is 19.6 Å². The summed E-state index contributed by atoms with van der Waals surface area (Å²) in [7, 11) is -3.78. The second-order valence-corrected chi connectivity index (χ2v) is 7.31. The van der Waals surface area contributed by atoms with E-state index in [1.807, 2.05) is 0 Å². The number of aliphatic hydroxyl groups excluding tert-OH is 1. The monoisotopic (exact) mass is 334 g/mol. The highest BCUT2D eigenvalue weighted by Crippen LogP contribution is 2.33. The normalized spacial score (nSPS) is 14.0. The number of hydrogen-bond acceptors (Lipinski definition) is 3. The average molecular weight is 335 g/mol. The van der Waals surface area contributed by atoms with Crippen molar-refractivity contribution < 1.29 is 13.5 Å². The molecule has 0 aliphatic rings.